The summed E-state index contributed by atoms with van der Waals surface area (Å²) in [7, 11) is 0. The van der Waals surface area contributed by atoms with Gasteiger partial charge in [-0.2, -0.15) is 0 Å². The highest BCUT2D eigenvalue weighted by molar-refractivity contribution is 7.16. The van der Waals surface area contributed by atoms with Crippen molar-refractivity contribution in [3.8, 4) is 0 Å². The molecule has 1 aromatic carbocycles. The highest BCUT2D eigenvalue weighted by Gasteiger charge is 2.19. The molecule has 6 nitrogen and oxygen atoms in total. The van der Waals surface area contributed by atoms with Crippen molar-refractivity contribution < 1.29 is 23.9 Å². The third kappa shape index (κ3) is 6.37. The Hall–Kier alpha value is -2.38. The number of hydrogen-bond donors (Lipinski definition) is 1. The van der Waals surface area contributed by atoms with E-state index in [9.17, 15) is 14.4 Å². The third-order valence-corrected chi connectivity index (χ3v) is 4.95. The molecule has 1 aromatic heterocycles. The molecule has 144 valence electrons. The predicted octanol–water partition coefficient (Wildman–Crippen LogP) is 3.87. The van der Waals surface area contributed by atoms with Crippen LogP contribution >= 0.6 is 22.9 Å². The molecule has 0 atom stereocenters. The predicted molar refractivity (Wildman–Crippen MR) is 104 cm³/mol. The molecule has 8 heteroatoms. The van der Waals surface area contributed by atoms with Crippen LogP contribution in [0.2, 0.25) is 5.02 Å². The number of carbonyl (C=O) groups is 3. The van der Waals surface area contributed by atoms with Gasteiger partial charge in [0.1, 0.15) is 5.00 Å². The lowest BCUT2D eigenvalue weighted by Gasteiger charge is -2.07. The van der Waals surface area contributed by atoms with Crippen LogP contribution in [0.1, 0.15) is 34.6 Å². The number of carbonyl (C=O) groups excluding carboxylic acids is 3. The van der Waals surface area contributed by atoms with Gasteiger partial charge in [0.25, 0.3) is 5.91 Å². The van der Waals surface area contributed by atoms with Crippen molar-refractivity contribution in [2.75, 3.05) is 18.5 Å². The third-order valence-electron chi connectivity index (χ3n) is 3.51. The molecule has 1 heterocycles. The van der Waals surface area contributed by atoms with Gasteiger partial charge >= 0.3 is 11.9 Å². The maximum atomic E-state index is 12.1. The minimum Gasteiger partial charge on any atom is -0.462 e. The Balaban J connectivity index is 1.91. The zero-order valence-electron chi connectivity index (χ0n) is 15.0. The molecular weight excluding hydrogens is 390 g/mol. The van der Waals surface area contributed by atoms with Gasteiger partial charge in [0.15, 0.2) is 6.61 Å². The van der Waals surface area contributed by atoms with Gasteiger partial charge in [0.2, 0.25) is 0 Å². The van der Waals surface area contributed by atoms with Crippen molar-refractivity contribution >= 4 is 45.8 Å². The average molecular weight is 410 g/mol. The quantitative estimate of drug-likeness (QED) is 0.669. The lowest BCUT2D eigenvalue weighted by atomic mass is 10.1. The van der Waals surface area contributed by atoms with Crippen molar-refractivity contribution in [1.29, 1.82) is 0 Å². The molecule has 0 saturated carbocycles. The maximum Gasteiger partial charge on any atom is 0.341 e. The number of benzene rings is 1. The molecule has 2 rings (SSSR count). The van der Waals surface area contributed by atoms with Crippen LogP contribution in [0.25, 0.3) is 0 Å². The standard InChI is InChI=1S/C19H20ClNO5S/c1-3-14-10-15(19(24)25-4-2)18(27-14)21-16(22)11-26-17(23)9-12-5-7-13(20)8-6-12/h5-8,10H,3-4,9,11H2,1-2H3,(H,21,22). The summed E-state index contributed by atoms with van der Waals surface area (Å²) in [5.74, 6) is -1.54. The number of esters is 2. The van der Waals surface area contributed by atoms with E-state index in [2.05, 4.69) is 5.32 Å². The second-order valence-corrected chi connectivity index (χ2v) is 7.11. The monoisotopic (exact) mass is 409 g/mol. The van der Waals surface area contributed by atoms with Crippen LogP contribution < -0.4 is 5.32 Å². The molecule has 0 radical (unpaired) electrons. The SMILES string of the molecule is CCOC(=O)c1cc(CC)sc1NC(=O)COC(=O)Cc1ccc(Cl)cc1. The van der Waals surface area contributed by atoms with E-state index in [0.29, 0.717) is 15.6 Å². The molecule has 1 N–H and O–H groups in total. The molecule has 0 bridgehead atoms. The number of ether oxygens (including phenoxy) is 2. The molecule has 2 aromatic rings. The zero-order chi connectivity index (χ0) is 19.8. The average Bonchev–Trinajstić information content (AvgIpc) is 3.05. The fourth-order valence-electron chi connectivity index (χ4n) is 2.20. The normalized spacial score (nSPS) is 10.3. The van der Waals surface area contributed by atoms with E-state index in [1.54, 1.807) is 37.3 Å². The van der Waals surface area contributed by atoms with Gasteiger partial charge in [-0.05, 0) is 37.1 Å². The van der Waals surface area contributed by atoms with Crippen LogP contribution in [-0.4, -0.2) is 31.1 Å². The lowest BCUT2D eigenvalue weighted by molar-refractivity contribution is -0.146. The smallest absolute Gasteiger partial charge is 0.341 e. The van der Waals surface area contributed by atoms with Gasteiger partial charge in [-0.3, -0.25) is 9.59 Å². The first-order valence-corrected chi connectivity index (χ1v) is 9.62. The first-order chi connectivity index (χ1) is 12.9. The molecule has 0 aliphatic rings. The van der Waals surface area contributed by atoms with Crippen LogP contribution in [0.3, 0.4) is 0 Å². The summed E-state index contributed by atoms with van der Waals surface area (Å²) < 4.78 is 10.00. The fourth-order valence-corrected chi connectivity index (χ4v) is 3.32. The van der Waals surface area contributed by atoms with Crippen LogP contribution in [0.5, 0.6) is 0 Å². The van der Waals surface area contributed by atoms with Crippen LogP contribution in [0.4, 0.5) is 5.00 Å². The van der Waals surface area contributed by atoms with Crippen LogP contribution in [0, 0.1) is 0 Å². The van der Waals surface area contributed by atoms with E-state index in [-0.39, 0.29) is 13.0 Å². The number of hydrogen-bond acceptors (Lipinski definition) is 6. The van der Waals surface area contributed by atoms with Gasteiger partial charge in [-0.25, -0.2) is 4.79 Å². The van der Waals surface area contributed by atoms with E-state index < -0.39 is 24.5 Å². The Morgan fingerprint density at radius 1 is 1.11 bits per heavy atom. The van der Waals surface area contributed by atoms with E-state index in [4.69, 9.17) is 21.1 Å². The van der Waals surface area contributed by atoms with Gasteiger partial charge in [-0.15, -0.1) is 11.3 Å². The number of rotatable bonds is 8. The minimum absolute atomic E-state index is 0.0392. The Bertz CT molecular complexity index is 816. The van der Waals surface area contributed by atoms with Gasteiger partial charge in [0.05, 0.1) is 18.6 Å². The highest BCUT2D eigenvalue weighted by Crippen LogP contribution is 2.29. The van der Waals surface area contributed by atoms with E-state index in [0.717, 1.165) is 16.9 Å². The molecule has 0 aliphatic carbocycles. The van der Waals surface area contributed by atoms with Gasteiger partial charge in [-0.1, -0.05) is 30.7 Å². The molecule has 0 fully saturated rings. The van der Waals surface area contributed by atoms with E-state index >= 15 is 0 Å². The Morgan fingerprint density at radius 2 is 1.81 bits per heavy atom. The first-order valence-electron chi connectivity index (χ1n) is 8.42. The Morgan fingerprint density at radius 3 is 2.44 bits per heavy atom. The molecule has 0 unspecified atom stereocenters. The Kier molecular flexibility index (Phi) is 7.82. The minimum atomic E-state index is -0.529. The summed E-state index contributed by atoms with van der Waals surface area (Å²) in [6, 6.07) is 8.48. The van der Waals surface area contributed by atoms with E-state index in [1.165, 1.54) is 11.3 Å². The Labute approximate surface area is 166 Å². The van der Waals surface area contributed by atoms with Gasteiger partial charge in [0, 0.05) is 9.90 Å². The van der Waals surface area contributed by atoms with Crippen LogP contribution in [0.15, 0.2) is 30.3 Å². The van der Waals surface area contributed by atoms with Crippen molar-refractivity contribution in [2.45, 2.75) is 26.7 Å². The van der Waals surface area contributed by atoms with Crippen molar-refractivity contribution in [2.24, 2.45) is 0 Å². The number of anilines is 1. The topological polar surface area (TPSA) is 81.7 Å². The summed E-state index contributed by atoms with van der Waals surface area (Å²) in [4.78, 5) is 36.9. The molecule has 0 spiro atoms. The molecule has 0 aliphatic heterocycles. The number of thiophene rings is 1. The molecule has 0 saturated heterocycles. The summed E-state index contributed by atoms with van der Waals surface area (Å²) in [5, 5.41) is 3.58. The molecule has 1 amide bonds. The zero-order valence-corrected chi connectivity index (χ0v) is 16.6. The number of nitrogens with one attached hydrogen (secondary N) is 1. The summed E-state index contributed by atoms with van der Waals surface area (Å²) in [6.07, 6.45) is 0.764. The second kappa shape index (κ2) is 10.1. The summed E-state index contributed by atoms with van der Waals surface area (Å²) in [6.45, 7) is 3.47. The number of aryl methyl sites for hydroxylation is 1. The first kappa shape index (κ1) is 20.9. The second-order valence-electron chi connectivity index (χ2n) is 5.54. The number of amides is 1. The van der Waals surface area contributed by atoms with Crippen molar-refractivity contribution in [3.05, 3.63) is 51.4 Å². The highest BCUT2D eigenvalue weighted by atomic mass is 35.5. The fraction of sp³-hybridized carbons (Fsp3) is 0.316. The van der Waals surface area contributed by atoms with E-state index in [1.807, 2.05) is 6.92 Å². The molecular formula is C19H20ClNO5S. The maximum absolute atomic E-state index is 12.1. The number of halogens is 1. The van der Waals surface area contributed by atoms with Crippen molar-refractivity contribution in [1.82, 2.24) is 0 Å². The lowest BCUT2D eigenvalue weighted by Crippen LogP contribution is -2.22. The summed E-state index contributed by atoms with van der Waals surface area (Å²) in [5.41, 5.74) is 1.04. The summed E-state index contributed by atoms with van der Waals surface area (Å²) >= 11 is 7.09. The molecule has 27 heavy (non-hydrogen) atoms. The van der Waals surface area contributed by atoms with Crippen molar-refractivity contribution in [3.63, 3.8) is 0 Å². The van der Waals surface area contributed by atoms with Crippen LogP contribution in [-0.2, 0) is 31.9 Å². The largest absolute Gasteiger partial charge is 0.462 e. The van der Waals surface area contributed by atoms with Gasteiger partial charge < -0.3 is 14.8 Å².